The van der Waals surface area contributed by atoms with E-state index in [1.165, 1.54) is 0 Å². The lowest BCUT2D eigenvalue weighted by molar-refractivity contribution is -0.140. The molecule has 1 unspecified atom stereocenters. The zero-order valence-corrected chi connectivity index (χ0v) is 10.7. The molecule has 0 aliphatic carbocycles. The van der Waals surface area contributed by atoms with E-state index in [2.05, 4.69) is 16.0 Å². The highest BCUT2D eigenvalue weighted by molar-refractivity contribution is 5.89. The van der Waals surface area contributed by atoms with Crippen molar-refractivity contribution in [2.45, 2.75) is 37.8 Å². The van der Waals surface area contributed by atoms with Gasteiger partial charge in [-0.1, -0.05) is 0 Å². The number of nitrogens with one attached hydrogen (secondary N) is 3. The molecule has 112 valence electrons. The summed E-state index contributed by atoms with van der Waals surface area (Å²) < 4.78 is 0. The van der Waals surface area contributed by atoms with Crippen molar-refractivity contribution >= 4 is 23.9 Å². The third-order valence-electron chi connectivity index (χ3n) is 2.84. The molecule has 1 saturated heterocycles. The lowest BCUT2D eigenvalue weighted by Crippen LogP contribution is -2.55. The van der Waals surface area contributed by atoms with Gasteiger partial charge in [0, 0.05) is 13.0 Å². The molecule has 0 aromatic heterocycles. The lowest BCUT2D eigenvalue weighted by Gasteiger charge is -2.23. The van der Waals surface area contributed by atoms with E-state index >= 15 is 0 Å². The second-order valence-corrected chi connectivity index (χ2v) is 4.43. The molecule has 20 heavy (non-hydrogen) atoms. The number of hydrogen-bond donors (Lipinski definition) is 5. The van der Waals surface area contributed by atoms with Crippen molar-refractivity contribution in [1.82, 2.24) is 16.0 Å². The molecule has 0 spiro atoms. The summed E-state index contributed by atoms with van der Waals surface area (Å²) in [6.45, 7) is 0.551. The molecule has 1 heterocycles. The molecule has 1 aliphatic heterocycles. The van der Waals surface area contributed by atoms with E-state index in [0.717, 1.165) is 6.42 Å². The standard InChI is InChI=1S/C11H17N3O6/c15-8(16)4-3-7(10(18)19)14-11(20)13-6-2-1-5-12-9(6)17/h6-7H,1-5H2,(H,12,17)(H,15,16)(H,18,19)(H2,13,14,20)/t6?,7-/m0/s1. The number of carboxylic acids is 2. The van der Waals surface area contributed by atoms with Crippen molar-refractivity contribution in [3.8, 4) is 0 Å². The SMILES string of the molecule is O=C(O)CC[C@H](NC(=O)NC1CCCNC1=O)C(=O)O. The van der Waals surface area contributed by atoms with Gasteiger partial charge in [0.25, 0.3) is 0 Å². The van der Waals surface area contributed by atoms with Gasteiger partial charge < -0.3 is 26.2 Å². The molecule has 0 radical (unpaired) electrons. The van der Waals surface area contributed by atoms with Crippen LogP contribution in [0.15, 0.2) is 0 Å². The fraction of sp³-hybridized carbons (Fsp3) is 0.636. The Morgan fingerprint density at radius 2 is 2.05 bits per heavy atom. The van der Waals surface area contributed by atoms with Gasteiger partial charge in [-0.2, -0.15) is 0 Å². The van der Waals surface area contributed by atoms with Crippen LogP contribution in [0.2, 0.25) is 0 Å². The Hall–Kier alpha value is -2.32. The van der Waals surface area contributed by atoms with Crippen molar-refractivity contribution in [3.05, 3.63) is 0 Å². The third-order valence-corrected chi connectivity index (χ3v) is 2.84. The summed E-state index contributed by atoms with van der Waals surface area (Å²) in [7, 11) is 0. The summed E-state index contributed by atoms with van der Waals surface area (Å²) >= 11 is 0. The van der Waals surface area contributed by atoms with E-state index in [4.69, 9.17) is 10.2 Å². The van der Waals surface area contributed by atoms with Crippen molar-refractivity contribution in [2.24, 2.45) is 0 Å². The van der Waals surface area contributed by atoms with Gasteiger partial charge in [0.05, 0.1) is 0 Å². The van der Waals surface area contributed by atoms with Crippen LogP contribution < -0.4 is 16.0 Å². The van der Waals surface area contributed by atoms with Crippen molar-refractivity contribution in [2.75, 3.05) is 6.54 Å². The normalized spacial score (nSPS) is 19.6. The average Bonchev–Trinajstić information content (AvgIpc) is 2.36. The summed E-state index contributed by atoms with van der Waals surface area (Å²) in [4.78, 5) is 44.3. The van der Waals surface area contributed by atoms with Gasteiger partial charge in [-0.15, -0.1) is 0 Å². The second kappa shape index (κ2) is 7.31. The molecule has 0 aromatic carbocycles. The lowest BCUT2D eigenvalue weighted by atomic mass is 10.1. The summed E-state index contributed by atoms with van der Waals surface area (Å²) in [5.74, 6) is -2.79. The maximum atomic E-state index is 11.6. The zero-order chi connectivity index (χ0) is 15.1. The van der Waals surface area contributed by atoms with E-state index in [1.54, 1.807) is 0 Å². The molecule has 1 rings (SSSR count). The fourth-order valence-electron chi connectivity index (χ4n) is 1.79. The molecule has 1 aliphatic rings. The van der Waals surface area contributed by atoms with Crippen LogP contribution in [0.4, 0.5) is 4.79 Å². The van der Waals surface area contributed by atoms with Gasteiger partial charge in [-0.05, 0) is 19.3 Å². The molecule has 1 fully saturated rings. The quantitative estimate of drug-likeness (QED) is 0.418. The van der Waals surface area contributed by atoms with Gasteiger partial charge >= 0.3 is 18.0 Å². The number of piperidine rings is 1. The first-order valence-corrected chi connectivity index (χ1v) is 6.19. The molecular weight excluding hydrogens is 270 g/mol. The smallest absolute Gasteiger partial charge is 0.326 e. The number of carboxylic acid groups (broad SMARTS) is 2. The largest absolute Gasteiger partial charge is 0.481 e. The first-order chi connectivity index (χ1) is 9.40. The van der Waals surface area contributed by atoms with Crippen LogP contribution in [0.3, 0.4) is 0 Å². The molecule has 3 amide bonds. The highest BCUT2D eigenvalue weighted by Gasteiger charge is 2.26. The Labute approximate surface area is 114 Å². The first-order valence-electron chi connectivity index (χ1n) is 6.19. The number of urea groups is 1. The number of carbonyl (C=O) groups excluding carboxylic acids is 2. The number of rotatable bonds is 6. The minimum atomic E-state index is -1.32. The van der Waals surface area contributed by atoms with Crippen LogP contribution in [0.1, 0.15) is 25.7 Å². The highest BCUT2D eigenvalue weighted by Crippen LogP contribution is 2.03. The van der Waals surface area contributed by atoms with Crippen molar-refractivity contribution in [3.63, 3.8) is 0 Å². The van der Waals surface area contributed by atoms with Gasteiger partial charge in [0.15, 0.2) is 0 Å². The van der Waals surface area contributed by atoms with E-state index < -0.39 is 30.1 Å². The van der Waals surface area contributed by atoms with E-state index in [1.807, 2.05) is 0 Å². The van der Waals surface area contributed by atoms with Crippen LogP contribution in [-0.4, -0.2) is 52.7 Å². The Bertz CT molecular complexity index is 411. The van der Waals surface area contributed by atoms with Gasteiger partial charge in [0.1, 0.15) is 12.1 Å². The zero-order valence-electron chi connectivity index (χ0n) is 10.7. The second-order valence-electron chi connectivity index (χ2n) is 4.43. The third kappa shape index (κ3) is 5.12. The Balaban J connectivity index is 2.46. The van der Waals surface area contributed by atoms with E-state index in [9.17, 15) is 19.2 Å². The molecule has 2 atom stereocenters. The maximum absolute atomic E-state index is 11.6. The summed E-state index contributed by atoms with van der Waals surface area (Å²) in [6.07, 6.45) is 0.598. The number of carbonyl (C=O) groups is 4. The predicted octanol–water partition coefficient (Wildman–Crippen LogP) is -1.12. The minimum absolute atomic E-state index is 0.227. The van der Waals surface area contributed by atoms with Gasteiger partial charge in [0.2, 0.25) is 5.91 Å². The molecule has 9 nitrogen and oxygen atoms in total. The van der Waals surface area contributed by atoms with Crippen LogP contribution in [0.5, 0.6) is 0 Å². The molecule has 0 aromatic rings. The van der Waals surface area contributed by atoms with Gasteiger partial charge in [-0.3, -0.25) is 9.59 Å². The number of aliphatic carboxylic acids is 2. The van der Waals surface area contributed by atoms with Crippen LogP contribution in [-0.2, 0) is 14.4 Å². The van der Waals surface area contributed by atoms with Gasteiger partial charge in [-0.25, -0.2) is 9.59 Å². The first kappa shape index (κ1) is 15.7. The Morgan fingerprint density at radius 3 is 2.60 bits per heavy atom. The molecule has 5 N–H and O–H groups in total. The molecule has 0 bridgehead atoms. The van der Waals surface area contributed by atoms with E-state index in [0.29, 0.717) is 13.0 Å². The van der Waals surface area contributed by atoms with Crippen LogP contribution >= 0.6 is 0 Å². The molecule has 9 heteroatoms. The van der Waals surface area contributed by atoms with Crippen molar-refractivity contribution < 1.29 is 29.4 Å². The monoisotopic (exact) mass is 287 g/mol. The van der Waals surface area contributed by atoms with Crippen LogP contribution in [0, 0.1) is 0 Å². The fourth-order valence-corrected chi connectivity index (χ4v) is 1.79. The molecule has 0 saturated carbocycles. The summed E-state index contributed by atoms with van der Waals surface area (Å²) in [6, 6.07) is -2.81. The predicted molar refractivity (Wildman–Crippen MR) is 66.0 cm³/mol. The summed E-state index contributed by atoms with van der Waals surface area (Å²) in [5.41, 5.74) is 0. The topological polar surface area (TPSA) is 145 Å². The minimum Gasteiger partial charge on any atom is -0.481 e. The Kier molecular flexibility index (Phi) is 5.75. The average molecular weight is 287 g/mol. The van der Waals surface area contributed by atoms with Crippen molar-refractivity contribution in [1.29, 1.82) is 0 Å². The highest BCUT2D eigenvalue weighted by atomic mass is 16.4. The Morgan fingerprint density at radius 1 is 1.35 bits per heavy atom. The molecular formula is C11H17N3O6. The maximum Gasteiger partial charge on any atom is 0.326 e. The number of amides is 3. The summed E-state index contributed by atoms with van der Waals surface area (Å²) in [5, 5.41) is 24.5. The number of hydrogen-bond acceptors (Lipinski definition) is 4. The van der Waals surface area contributed by atoms with Crippen LogP contribution in [0.25, 0.3) is 0 Å². The van der Waals surface area contributed by atoms with E-state index in [-0.39, 0.29) is 18.7 Å².